The van der Waals surface area contributed by atoms with Crippen molar-refractivity contribution in [2.75, 3.05) is 56.5 Å². The Balaban J connectivity index is 0.835. The van der Waals surface area contributed by atoms with Crippen LogP contribution >= 0.6 is 15.9 Å². The highest BCUT2D eigenvalue weighted by atomic mass is 79.9. The number of benzene rings is 3. The van der Waals surface area contributed by atoms with Gasteiger partial charge in [0.25, 0.3) is 23.6 Å². The summed E-state index contributed by atoms with van der Waals surface area (Å²) in [5.41, 5.74) is 8.43. The topological polar surface area (TPSA) is 255 Å². The van der Waals surface area contributed by atoms with E-state index in [2.05, 4.69) is 51.5 Å². The van der Waals surface area contributed by atoms with E-state index in [0.717, 1.165) is 11.3 Å². The monoisotopic (exact) mass is 944 g/mol. The molecule has 0 saturated carbocycles. The van der Waals surface area contributed by atoms with Gasteiger partial charge in [0, 0.05) is 51.0 Å². The first kappa shape index (κ1) is 44.8. The van der Waals surface area contributed by atoms with E-state index < -0.39 is 45.6 Å². The lowest BCUT2D eigenvalue weighted by Crippen LogP contribution is -2.54. The standard InChI is InChI=1S/C42H45BrN10O9S/c1-24-7-5-9-30(35(24)37(44)56)47-38-28(43)22-45-42(50-38)48-29-12-11-26(21-25(29)2)63(60,61)46-15-3-4-16-51-17-19-52(20-18-51)34(55)23-62-32-10-6-8-27-36(32)41(59)53(40(27)58)31-13-14-33(54)49-39(31)57/h5-12,21-22,31,46H,3-4,13-20,23H2,1-2H3,(H2,44,56)(H,49,54,57)(H2,45,47,48,50). The molecule has 7 rings (SSSR count). The third kappa shape index (κ3) is 10.0. The summed E-state index contributed by atoms with van der Waals surface area (Å²) in [5, 5.41) is 8.43. The van der Waals surface area contributed by atoms with Crippen molar-refractivity contribution in [2.45, 2.75) is 50.5 Å². The van der Waals surface area contributed by atoms with Crippen LogP contribution in [0.4, 0.5) is 23.1 Å². The van der Waals surface area contributed by atoms with Crippen molar-refractivity contribution in [1.29, 1.82) is 0 Å². The number of nitrogens with one attached hydrogen (secondary N) is 4. The van der Waals surface area contributed by atoms with Crippen LogP contribution in [-0.4, -0.2) is 120 Å². The van der Waals surface area contributed by atoms with E-state index in [1.807, 2.05) is 0 Å². The number of rotatable bonds is 16. The summed E-state index contributed by atoms with van der Waals surface area (Å²) in [6.45, 7) is 6.26. The molecule has 4 heterocycles. The minimum atomic E-state index is -3.80. The smallest absolute Gasteiger partial charge is 0.266 e. The average Bonchev–Trinajstić information content (AvgIpc) is 3.50. The average molecular weight is 946 g/mol. The van der Waals surface area contributed by atoms with Crippen molar-refractivity contribution in [3.05, 3.63) is 93.1 Å². The van der Waals surface area contributed by atoms with E-state index in [0.29, 0.717) is 77.5 Å². The van der Waals surface area contributed by atoms with Gasteiger partial charge in [0.2, 0.25) is 27.8 Å². The van der Waals surface area contributed by atoms with Gasteiger partial charge in [-0.3, -0.25) is 43.9 Å². The maximum atomic E-state index is 13.3. The Bertz CT molecular complexity index is 2620. The summed E-state index contributed by atoms with van der Waals surface area (Å²) >= 11 is 3.44. The van der Waals surface area contributed by atoms with Gasteiger partial charge in [-0.25, -0.2) is 18.1 Å². The number of carbonyl (C=O) groups is 6. The zero-order valence-electron chi connectivity index (χ0n) is 34.4. The highest BCUT2D eigenvalue weighted by molar-refractivity contribution is 9.10. The number of unbranched alkanes of at least 4 members (excludes halogenated alkanes) is 1. The molecule has 0 aliphatic carbocycles. The maximum Gasteiger partial charge on any atom is 0.266 e. The molecule has 330 valence electrons. The number of piperazine rings is 1. The number of fused-ring (bicyclic) bond motifs is 1. The number of ether oxygens (including phenoxy) is 1. The maximum absolute atomic E-state index is 13.3. The first-order valence-corrected chi connectivity index (χ1v) is 22.4. The van der Waals surface area contributed by atoms with Gasteiger partial charge in [0.05, 0.1) is 31.7 Å². The molecule has 21 heteroatoms. The quantitative estimate of drug-likeness (QED) is 0.0800. The number of primary amides is 1. The fourth-order valence-electron chi connectivity index (χ4n) is 7.61. The van der Waals surface area contributed by atoms with Gasteiger partial charge in [-0.15, -0.1) is 0 Å². The minimum absolute atomic E-state index is 0.000132. The minimum Gasteiger partial charge on any atom is -0.483 e. The van der Waals surface area contributed by atoms with Gasteiger partial charge in [-0.2, -0.15) is 4.98 Å². The zero-order valence-corrected chi connectivity index (χ0v) is 36.8. The first-order valence-electron chi connectivity index (χ1n) is 20.1. The lowest BCUT2D eigenvalue weighted by atomic mass is 10.0. The highest BCUT2D eigenvalue weighted by Gasteiger charge is 2.46. The van der Waals surface area contributed by atoms with E-state index in [9.17, 15) is 37.2 Å². The molecule has 0 spiro atoms. The number of piperidine rings is 1. The highest BCUT2D eigenvalue weighted by Crippen LogP contribution is 2.34. The van der Waals surface area contributed by atoms with Crippen LogP contribution in [0.5, 0.6) is 5.75 Å². The molecule has 3 aliphatic rings. The van der Waals surface area contributed by atoms with E-state index in [1.54, 1.807) is 55.3 Å². The summed E-state index contributed by atoms with van der Waals surface area (Å²) in [6, 6.07) is 13.4. The van der Waals surface area contributed by atoms with E-state index in [-0.39, 0.29) is 59.6 Å². The molecular weight excluding hydrogens is 900 g/mol. The predicted octanol–water partition coefficient (Wildman–Crippen LogP) is 3.12. The fraction of sp³-hybridized carbons (Fsp3) is 0.333. The summed E-state index contributed by atoms with van der Waals surface area (Å²) in [6.07, 6.45) is 2.89. The van der Waals surface area contributed by atoms with Crippen LogP contribution in [0.3, 0.4) is 0 Å². The lowest BCUT2D eigenvalue weighted by molar-refractivity contribution is -0.136. The molecule has 63 heavy (non-hydrogen) atoms. The summed E-state index contributed by atoms with van der Waals surface area (Å²) in [7, 11) is -3.80. The van der Waals surface area contributed by atoms with Crippen LogP contribution in [0.2, 0.25) is 0 Å². The number of aryl methyl sites for hydroxylation is 2. The number of carbonyl (C=O) groups excluding carboxylic acids is 6. The molecular formula is C42H45BrN10O9S. The van der Waals surface area contributed by atoms with Crippen molar-refractivity contribution in [2.24, 2.45) is 5.73 Å². The number of hydrogen-bond donors (Lipinski definition) is 5. The van der Waals surface area contributed by atoms with Crippen LogP contribution in [0.1, 0.15) is 67.9 Å². The van der Waals surface area contributed by atoms with Crippen molar-refractivity contribution in [1.82, 2.24) is 34.7 Å². The second-order valence-corrected chi connectivity index (χ2v) is 17.8. The van der Waals surface area contributed by atoms with Crippen LogP contribution < -0.4 is 31.1 Å². The normalized spacial score (nSPS) is 16.8. The molecule has 3 aromatic carbocycles. The number of hydrogen-bond acceptors (Lipinski definition) is 14. The number of aromatic nitrogens is 2. The first-order chi connectivity index (χ1) is 30.1. The Labute approximate surface area is 371 Å². The van der Waals surface area contributed by atoms with Gasteiger partial charge in [-0.05, 0) is 103 Å². The molecule has 6 N–H and O–H groups in total. The SMILES string of the molecule is Cc1cc(S(=O)(=O)NCCCCN2CCN(C(=O)COc3cccc4c3C(=O)N(C3CCC(=O)NC3=O)C4=O)CC2)ccc1Nc1ncc(Br)c(Nc2cccc(C)c2C(N)=O)n1. The molecule has 1 unspecified atom stereocenters. The second-order valence-electron chi connectivity index (χ2n) is 15.2. The van der Waals surface area contributed by atoms with Crippen molar-refractivity contribution in [3.8, 4) is 5.75 Å². The summed E-state index contributed by atoms with van der Waals surface area (Å²) < 4.78 is 35.4. The van der Waals surface area contributed by atoms with Gasteiger partial charge in [0.15, 0.2) is 6.61 Å². The number of nitrogens with zero attached hydrogens (tertiary/aromatic N) is 5. The Morgan fingerprint density at radius 1 is 0.937 bits per heavy atom. The van der Waals surface area contributed by atoms with Crippen LogP contribution in [-0.2, 0) is 24.4 Å². The Hall–Kier alpha value is -6.29. The van der Waals surface area contributed by atoms with E-state index in [1.165, 1.54) is 24.3 Å². The van der Waals surface area contributed by atoms with Crippen LogP contribution in [0, 0.1) is 13.8 Å². The van der Waals surface area contributed by atoms with E-state index in [4.69, 9.17) is 10.5 Å². The van der Waals surface area contributed by atoms with Crippen molar-refractivity contribution in [3.63, 3.8) is 0 Å². The third-order valence-corrected chi connectivity index (χ3v) is 13.0. The van der Waals surface area contributed by atoms with Crippen molar-refractivity contribution < 1.29 is 41.9 Å². The molecule has 6 amide bonds. The largest absolute Gasteiger partial charge is 0.483 e. The number of amides is 6. The number of anilines is 4. The van der Waals surface area contributed by atoms with Crippen LogP contribution in [0.15, 0.2) is 70.2 Å². The molecule has 0 radical (unpaired) electrons. The molecule has 2 saturated heterocycles. The third-order valence-electron chi connectivity index (χ3n) is 11.0. The Morgan fingerprint density at radius 3 is 2.43 bits per heavy atom. The number of halogens is 1. The fourth-order valence-corrected chi connectivity index (χ4v) is 9.06. The zero-order chi connectivity index (χ0) is 45.0. The number of imide groups is 2. The molecule has 1 atom stereocenters. The Kier molecular flexibility index (Phi) is 13.5. The van der Waals surface area contributed by atoms with E-state index >= 15 is 0 Å². The van der Waals surface area contributed by atoms with Crippen molar-refractivity contribution >= 4 is 84.5 Å². The molecule has 3 aliphatic heterocycles. The second kappa shape index (κ2) is 19.0. The predicted molar refractivity (Wildman–Crippen MR) is 233 cm³/mol. The molecule has 4 aromatic rings. The summed E-state index contributed by atoms with van der Waals surface area (Å²) in [5.74, 6) is -2.74. The molecule has 2 fully saturated rings. The van der Waals surface area contributed by atoms with Gasteiger partial charge in [-0.1, -0.05) is 18.2 Å². The lowest BCUT2D eigenvalue weighted by Gasteiger charge is -2.34. The van der Waals surface area contributed by atoms with Gasteiger partial charge < -0.3 is 26.0 Å². The summed E-state index contributed by atoms with van der Waals surface area (Å²) in [4.78, 5) is 89.4. The molecule has 1 aromatic heterocycles. The number of nitrogens with two attached hydrogens (primary N) is 1. The van der Waals surface area contributed by atoms with Gasteiger partial charge in [0.1, 0.15) is 17.6 Å². The van der Waals surface area contributed by atoms with Gasteiger partial charge >= 0.3 is 0 Å². The van der Waals surface area contributed by atoms with Crippen LogP contribution in [0.25, 0.3) is 0 Å². The molecule has 0 bridgehead atoms. The number of sulfonamides is 1. The molecule has 19 nitrogen and oxygen atoms in total. The Morgan fingerprint density at radius 2 is 1.70 bits per heavy atom.